The van der Waals surface area contributed by atoms with E-state index in [2.05, 4.69) is 0 Å². The molecule has 2 N–H and O–H groups in total. The van der Waals surface area contributed by atoms with E-state index >= 15 is 0 Å². The van der Waals surface area contributed by atoms with Gasteiger partial charge in [-0.25, -0.2) is 0 Å². The quantitative estimate of drug-likeness (QED) is 0.836. The van der Waals surface area contributed by atoms with Crippen molar-refractivity contribution in [3.63, 3.8) is 0 Å². The average molecular weight is 266 g/mol. The molecule has 1 unspecified atom stereocenters. The van der Waals surface area contributed by atoms with E-state index in [0.29, 0.717) is 23.0 Å². The van der Waals surface area contributed by atoms with E-state index in [4.69, 9.17) is 29.9 Å². The third-order valence-corrected chi connectivity index (χ3v) is 2.43. The Labute approximate surface area is 112 Å². The Morgan fingerprint density at radius 3 is 2.05 bits per heavy atom. The number of nitrogens with two attached hydrogens (primary N) is 1. The highest BCUT2D eigenvalue weighted by Gasteiger charge is 2.20. The van der Waals surface area contributed by atoms with E-state index in [1.165, 1.54) is 21.3 Å². The van der Waals surface area contributed by atoms with Gasteiger partial charge in [0, 0.05) is 12.1 Å². The standard InChI is InChI=1S/C13H18N2O4/c1-13(15,7-14)8-19-9-5-10(16-2)12(18-4)11(6-9)17-3/h5-6H,8,15H2,1-4H3. The van der Waals surface area contributed by atoms with Crippen molar-refractivity contribution in [1.29, 1.82) is 5.26 Å². The Balaban J connectivity index is 3.01. The van der Waals surface area contributed by atoms with Gasteiger partial charge in [0.15, 0.2) is 11.5 Å². The predicted molar refractivity (Wildman–Crippen MR) is 69.8 cm³/mol. The molecule has 0 heterocycles. The molecule has 0 aliphatic heterocycles. The van der Waals surface area contributed by atoms with Crippen LogP contribution in [-0.2, 0) is 0 Å². The molecule has 0 fully saturated rings. The first-order chi connectivity index (χ1) is 8.97. The highest BCUT2D eigenvalue weighted by molar-refractivity contribution is 5.55. The number of ether oxygens (including phenoxy) is 4. The zero-order valence-electron chi connectivity index (χ0n) is 11.5. The van der Waals surface area contributed by atoms with Gasteiger partial charge in [-0.1, -0.05) is 0 Å². The molecule has 0 spiro atoms. The zero-order valence-corrected chi connectivity index (χ0v) is 11.5. The zero-order chi connectivity index (χ0) is 14.5. The summed E-state index contributed by atoms with van der Waals surface area (Å²) in [6, 6.07) is 5.25. The number of hydrogen-bond donors (Lipinski definition) is 1. The van der Waals surface area contributed by atoms with Gasteiger partial charge < -0.3 is 24.7 Å². The van der Waals surface area contributed by atoms with Crippen molar-refractivity contribution >= 4 is 0 Å². The van der Waals surface area contributed by atoms with Gasteiger partial charge in [0.25, 0.3) is 0 Å². The van der Waals surface area contributed by atoms with Crippen molar-refractivity contribution in [3.05, 3.63) is 12.1 Å². The average Bonchev–Trinajstić information content (AvgIpc) is 2.43. The molecule has 0 radical (unpaired) electrons. The third kappa shape index (κ3) is 3.66. The lowest BCUT2D eigenvalue weighted by atomic mass is 10.1. The fourth-order valence-corrected chi connectivity index (χ4v) is 1.41. The molecular weight excluding hydrogens is 248 g/mol. The largest absolute Gasteiger partial charge is 0.493 e. The number of rotatable bonds is 6. The second-order valence-electron chi connectivity index (χ2n) is 4.18. The first-order valence-electron chi connectivity index (χ1n) is 5.60. The van der Waals surface area contributed by atoms with E-state index in [9.17, 15) is 0 Å². The highest BCUT2D eigenvalue weighted by atomic mass is 16.5. The maximum atomic E-state index is 8.83. The summed E-state index contributed by atoms with van der Waals surface area (Å²) < 4.78 is 21.1. The molecule has 0 aromatic heterocycles. The normalized spacial score (nSPS) is 13.1. The molecule has 0 aliphatic carbocycles. The van der Waals surface area contributed by atoms with Crippen LogP contribution in [-0.4, -0.2) is 33.5 Å². The summed E-state index contributed by atoms with van der Waals surface area (Å²) >= 11 is 0. The fourth-order valence-electron chi connectivity index (χ4n) is 1.41. The van der Waals surface area contributed by atoms with Gasteiger partial charge in [-0.05, 0) is 6.92 Å². The summed E-state index contributed by atoms with van der Waals surface area (Å²) in [5.74, 6) is 1.93. The van der Waals surface area contributed by atoms with Crippen molar-refractivity contribution in [2.45, 2.75) is 12.5 Å². The minimum atomic E-state index is -1.06. The molecule has 0 bridgehead atoms. The molecule has 0 amide bonds. The van der Waals surface area contributed by atoms with Crippen LogP contribution in [0.15, 0.2) is 12.1 Å². The highest BCUT2D eigenvalue weighted by Crippen LogP contribution is 2.40. The molecule has 6 heteroatoms. The molecule has 0 aliphatic rings. The monoisotopic (exact) mass is 266 g/mol. The maximum Gasteiger partial charge on any atom is 0.203 e. The van der Waals surface area contributed by atoms with Crippen LogP contribution in [0.4, 0.5) is 0 Å². The molecule has 6 nitrogen and oxygen atoms in total. The first kappa shape index (κ1) is 14.9. The second kappa shape index (κ2) is 6.16. The molecular formula is C13H18N2O4. The van der Waals surface area contributed by atoms with Crippen LogP contribution in [0, 0.1) is 11.3 Å². The number of nitrogens with zero attached hydrogens (tertiary/aromatic N) is 1. The summed E-state index contributed by atoms with van der Waals surface area (Å²) in [6.45, 7) is 1.65. The van der Waals surface area contributed by atoms with Crippen molar-refractivity contribution in [3.8, 4) is 29.1 Å². The maximum absolute atomic E-state index is 8.83. The van der Waals surface area contributed by atoms with Crippen molar-refractivity contribution in [2.75, 3.05) is 27.9 Å². The Morgan fingerprint density at radius 2 is 1.68 bits per heavy atom. The Hall–Kier alpha value is -2.13. The van der Waals surface area contributed by atoms with Gasteiger partial charge in [-0.2, -0.15) is 5.26 Å². The van der Waals surface area contributed by atoms with Gasteiger partial charge in [0.05, 0.1) is 27.4 Å². The number of nitriles is 1. The summed E-state index contributed by atoms with van der Waals surface area (Å²) in [5, 5.41) is 8.83. The summed E-state index contributed by atoms with van der Waals surface area (Å²) in [6.07, 6.45) is 0. The van der Waals surface area contributed by atoms with E-state index in [0.717, 1.165) is 0 Å². The Kier molecular flexibility index (Phi) is 4.84. The Morgan fingerprint density at radius 1 is 1.16 bits per heavy atom. The van der Waals surface area contributed by atoms with E-state index in [1.54, 1.807) is 19.1 Å². The number of methoxy groups -OCH3 is 3. The molecule has 1 atom stereocenters. The van der Waals surface area contributed by atoms with Crippen LogP contribution in [0.25, 0.3) is 0 Å². The number of benzene rings is 1. The number of hydrogen-bond acceptors (Lipinski definition) is 6. The van der Waals surface area contributed by atoms with E-state index in [-0.39, 0.29) is 6.61 Å². The van der Waals surface area contributed by atoms with Crippen LogP contribution in [0.2, 0.25) is 0 Å². The van der Waals surface area contributed by atoms with Crippen molar-refractivity contribution in [1.82, 2.24) is 0 Å². The van der Waals surface area contributed by atoms with Crippen LogP contribution in [0.3, 0.4) is 0 Å². The molecule has 0 saturated carbocycles. The summed E-state index contributed by atoms with van der Waals surface area (Å²) in [4.78, 5) is 0. The topological polar surface area (TPSA) is 86.7 Å². The molecule has 104 valence electrons. The smallest absolute Gasteiger partial charge is 0.203 e. The lowest BCUT2D eigenvalue weighted by molar-refractivity contribution is 0.259. The SMILES string of the molecule is COc1cc(OCC(C)(N)C#N)cc(OC)c1OC. The lowest BCUT2D eigenvalue weighted by Crippen LogP contribution is -2.40. The fraction of sp³-hybridized carbons (Fsp3) is 0.462. The third-order valence-electron chi connectivity index (χ3n) is 2.43. The molecule has 0 saturated heterocycles. The predicted octanol–water partition coefficient (Wildman–Crippen LogP) is 1.33. The summed E-state index contributed by atoms with van der Waals surface area (Å²) in [5.41, 5.74) is 4.63. The molecule has 1 aromatic carbocycles. The van der Waals surface area contributed by atoms with Gasteiger partial charge in [0.1, 0.15) is 17.9 Å². The van der Waals surface area contributed by atoms with Gasteiger partial charge in [-0.3, -0.25) is 0 Å². The molecule has 19 heavy (non-hydrogen) atoms. The van der Waals surface area contributed by atoms with E-state index in [1.807, 2.05) is 6.07 Å². The molecule has 1 rings (SSSR count). The van der Waals surface area contributed by atoms with Crippen LogP contribution in [0.5, 0.6) is 23.0 Å². The second-order valence-corrected chi connectivity index (χ2v) is 4.18. The lowest BCUT2D eigenvalue weighted by Gasteiger charge is -2.18. The van der Waals surface area contributed by atoms with Crippen molar-refractivity contribution < 1.29 is 18.9 Å². The van der Waals surface area contributed by atoms with Crippen molar-refractivity contribution in [2.24, 2.45) is 5.73 Å². The minimum Gasteiger partial charge on any atom is -0.493 e. The first-order valence-corrected chi connectivity index (χ1v) is 5.60. The van der Waals surface area contributed by atoms with E-state index < -0.39 is 5.54 Å². The molecule has 1 aromatic rings. The van der Waals surface area contributed by atoms with Crippen LogP contribution >= 0.6 is 0 Å². The minimum absolute atomic E-state index is 0.0577. The van der Waals surface area contributed by atoms with Crippen LogP contribution in [0.1, 0.15) is 6.92 Å². The van der Waals surface area contributed by atoms with Gasteiger partial charge >= 0.3 is 0 Å². The van der Waals surface area contributed by atoms with Gasteiger partial charge in [0.2, 0.25) is 5.75 Å². The summed E-state index contributed by atoms with van der Waals surface area (Å²) in [7, 11) is 4.56. The van der Waals surface area contributed by atoms with Crippen LogP contribution < -0.4 is 24.7 Å². The van der Waals surface area contributed by atoms with Gasteiger partial charge in [-0.15, -0.1) is 0 Å². The Bertz CT molecular complexity index is 455.